The number of rotatable bonds is 8. The number of aromatic nitrogens is 2. The van der Waals surface area contributed by atoms with Gasteiger partial charge in [0.05, 0.1) is 38.0 Å². The lowest BCUT2D eigenvalue weighted by Crippen LogP contribution is -3.14. The second-order valence-electron chi connectivity index (χ2n) is 7.23. The van der Waals surface area contributed by atoms with E-state index in [9.17, 15) is 14.4 Å². The van der Waals surface area contributed by atoms with Gasteiger partial charge < -0.3 is 20.3 Å². The lowest BCUT2D eigenvalue weighted by atomic mass is 10.2. The van der Waals surface area contributed by atoms with E-state index in [2.05, 4.69) is 15.6 Å². The summed E-state index contributed by atoms with van der Waals surface area (Å²) in [4.78, 5) is 44.1. The fourth-order valence-corrected chi connectivity index (χ4v) is 4.30. The molecule has 158 valence electrons. The molecule has 3 heterocycles. The van der Waals surface area contributed by atoms with Crippen molar-refractivity contribution in [1.29, 1.82) is 0 Å². The van der Waals surface area contributed by atoms with Gasteiger partial charge in [-0.25, -0.2) is 4.98 Å². The van der Waals surface area contributed by atoms with Crippen molar-refractivity contribution < 1.29 is 19.2 Å². The minimum Gasteiger partial charge on any atom is -0.370 e. The molecule has 0 aromatic carbocycles. The number of ether oxygens (including phenoxy) is 1. The SMILES string of the molecule is Cc1sc2ncn(CC(=O)NCC(=O)NCCC[NH+]3CCOCC3)c(=O)c2c1C. The molecule has 3 N–H and O–H groups in total. The van der Waals surface area contributed by atoms with Gasteiger partial charge in [0.15, 0.2) is 0 Å². The molecule has 2 aromatic heterocycles. The van der Waals surface area contributed by atoms with Crippen LogP contribution in [0.25, 0.3) is 10.2 Å². The molecule has 2 amide bonds. The molecule has 0 unspecified atom stereocenters. The third-order valence-corrected chi connectivity index (χ3v) is 6.26. The molecule has 9 nitrogen and oxygen atoms in total. The third kappa shape index (κ3) is 5.62. The summed E-state index contributed by atoms with van der Waals surface area (Å²) in [7, 11) is 0. The first-order valence-corrected chi connectivity index (χ1v) is 10.7. The molecule has 0 saturated carbocycles. The minimum atomic E-state index is -0.397. The molecular formula is C19H28N5O4S+. The largest absolute Gasteiger partial charge is 0.370 e. The van der Waals surface area contributed by atoms with E-state index in [1.165, 1.54) is 27.1 Å². The standard InChI is InChI=1S/C19H27N5O4S/c1-13-14(2)29-18-17(13)19(27)24(12-22-18)11-16(26)21-10-15(25)20-4-3-5-23-6-8-28-9-7-23/h12H,3-11H2,1-2H3,(H,20,25)(H,21,26)/p+1. The van der Waals surface area contributed by atoms with Crippen LogP contribution in [-0.2, 0) is 20.9 Å². The zero-order valence-electron chi connectivity index (χ0n) is 16.9. The highest BCUT2D eigenvalue weighted by atomic mass is 32.1. The summed E-state index contributed by atoms with van der Waals surface area (Å²) in [6.45, 7) is 8.74. The van der Waals surface area contributed by atoms with Gasteiger partial charge in [0.25, 0.3) is 5.56 Å². The Bertz CT molecular complexity index is 933. The minimum absolute atomic E-state index is 0.107. The Hall–Kier alpha value is -2.30. The number of fused-ring (bicyclic) bond motifs is 1. The lowest BCUT2D eigenvalue weighted by Gasteiger charge is -2.23. The summed E-state index contributed by atoms with van der Waals surface area (Å²) >= 11 is 1.47. The maximum atomic E-state index is 12.6. The predicted octanol–water partition coefficient (Wildman–Crippen LogP) is -1.39. The monoisotopic (exact) mass is 422 g/mol. The van der Waals surface area contributed by atoms with Crippen LogP contribution in [0.2, 0.25) is 0 Å². The van der Waals surface area contributed by atoms with Crippen molar-refractivity contribution in [3.05, 3.63) is 27.1 Å². The van der Waals surface area contributed by atoms with Crippen LogP contribution in [-0.4, -0.2) is 67.3 Å². The Balaban J connectivity index is 1.41. The van der Waals surface area contributed by atoms with E-state index in [1.54, 1.807) is 0 Å². The third-order valence-electron chi connectivity index (χ3n) is 5.15. The van der Waals surface area contributed by atoms with E-state index in [0.717, 1.165) is 49.7 Å². The molecule has 0 spiro atoms. The van der Waals surface area contributed by atoms with Gasteiger partial charge in [0.2, 0.25) is 11.8 Å². The highest BCUT2D eigenvalue weighted by Crippen LogP contribution is 2.25. The van der Waals surface area contributed by atoms with E-state index in [1.807, 2.05) is 13.8 Å². The van der Waals surface area contributed by atoms with Gasteiger partial charge >= 0.3 is 0 Å². The van der Waals surface area contributed by atoms with Crippen LogP contribution in [0.1, 0.15) is 16.9 Å². The van der Waals surface area contributed by atoms with Crippen LogP contribution in [0.5, 0.6) is 0 Å². The maximum Gasteiger partial charge on any atom is 0.262 e. The molecule has 1 fully saturated rings. The summed E-state index contributed by atoms with van der Waals surface area (Å²) < 4.78 is 6.60. The van der Waals surface area contributed by atoms with Crippen molar-refractivity contribution in [3.63, 3.8) is 0 Å². The highest BCUT2D eigenvalue weighted by Gasteiger charge is 2.15. The number of carbonyl (C=O) groups is 2. The van der Waals surface area contributed by atoms with E-state index in [0.29, 0.717) is 16.8 Å². The van der Waals surface area contributed by atoms with Crippen LogP contribution in [0.4, 0.5) is 0 Å². The molecule has 0 atom stereocenters. The van der Waals surface area contributed by atoms with Gasteiger partial charge in [-0.1, -0.05) is 0 Å². The number of nitrogens with one attached hydrogen (secondary N) is 3. The van der Waals surface area contributed by atoms with Crippen LogP contribution in [0.3, 0.4) is 0 Å². The molecule has 0 bridgehead atoms. The number of quaternary nitrogens is 1. The first-order chi connectivity index (χ1) is 14.0. The maximum absolute atomic E-state index is 12.6. The first kappa shape index (κ1) is 21.4. The summed E-state index contributed by atoms with van der Waals surface area (Å²) in [5, 5.41) is 5.93. The topological polar surface area (TPSA) is 107 Å². The second kappa shape index (κ2) is 9.95. The summed E-state index contributed by atoms with van der Waals surface area (Å²) in [5.41, 5.74) is 0.664. The first-order valence-electron chi connectivity index (χ1n) is 9.85. The number of aryl methyl sites for hydroxylation is 2. The van der Waals surface area contributed by atoms with Crippen LogP contribution in [0.15, 0.2) is 11.1 Å². The molecule has 10 heteroatoms. The predicted molar refractivity (Wildman–Crippen MR) is 110 cm³/mol. The van der Waals surface area contributed by atoms with E-state index in [-0.39, 0.29) is 24.6 Å². The fraction of sp³-hybridized carbons (Fsp3) is 0.579. The van der Waals surface area contributed by atoms with E-state index >= 15 is 0 Å². The van der Waals surface area contributed by atoms with Gasteiger partial charge in [-0.3, -0.25) is 19.0 Å². The van der Waals surface area contributed by atoms with Gasteiger partial charge in [0, 0.05) is 17.8 Å². The van der Waals surface area contributed by atoms with Crippen LogP contribution >= 0.6 is 11.3 Å². The van der Waals surface area contributed by atoms with Crippen molar-refractivity contribution in [2.75, 3.05) is 45.9 Å². The van der Waals surface area contributed by atoms with Crippen molar-refractivity contribution in [2.45, 2.75) is 26.8 Å². The van der Waals surface area contributed by atoms with Crippen molar-refractivity contribution in [3.8, 4) is 0 Å². The highest BCUT2D eigenvalue weighted by molar-refractivity contribution is 7.18. The number of thiophene rings is 1. The number of morpholine rings is 1. The van der Waals surface area contributed by atoms with Gasteiger partial charge in [-0.2, -0.15) is 0 Å². The van der Waals surface area contributed by atoms with Crippen LogP contribution in [0, 0.1) is 13.8 Å². The average molecular weight is 423 g/mol. The van der Waals surface area contributed by atoms with Crippen molar-refractivity contribution in [2.24, 2.45) is 0 Å². The summed E-state index contributed by atoms with van der Waals surface area (Å²) in [6, 6.07) is 0. The van der Waals surface area contributed by atoms with Crippen LogP contribution < -0.4 is 21.1 Å². The molecule has 0 radical (unpaired) electrons. The summed E-state index contributed by atoms with van der Waals surface area (Å²) in [6.07, 6.45) is 2.27. The van der Waals surface area contributed by atoms with Gasteiger partial charge in [-0.15, -0.1) is 11.3 Å². The molecule has 1 aliphatic heterocycles. The van der Waals surface area contributed by atoms with Gasteiger partial charge in [-0.05, 0) is 19.4 Å². The zero-order valence-corrected chi connectivity index (χ0v) is 17.7. The molecule has 2 aromatic rings. The van der Waals surface area contributed by atoms with E-state index < -0.39 is 5.91 Å². The Morgan fingerprint density at radius 3 is 2.76 bits per heavy atom. The fourth-order valence-electron chi connectivity index (χ4n) is 3.31. The number of hydrogen-bond acceptors (Lipinski definition) is 6. The molecule has 3 rings (SSSR count). The smallest absolute Gasteiger partial charge is 0.262 e. The molecule has 29 heavy (non-hydrogen) atoms. The normalized spacial score (nSPS) is 14.8. The van der Waals surface area contributed by atoms with Crippen molar-refractivity contribution >= 4 is 33.4 Å². The molecule has 1 saturated heterocycles. The number of hydrogen-bond donors (Lipinski definition) is 3. The number of carbonyl (C=O) groups excluding carboxylic acids is 2. The lowest BCUT2D eigenvalue weighted by molar-refractivity contribution is -0.908. The average Bonchev–Trinajstić information content (AvgIpc) is 3.01. The Kier molecular flexibility index (Phi) is 7.34. The molecule has 0 aliphatic carbocycles. The Morgan fingerprint density at radius 2 is 2.00 bits per heavy atom. The molecular weight excluding hydrogens is 394 g/mol. The van der Waals surface area contributed by atoms with Gasteiger partial charge in [0.1, 0.15) is 24.5 Å². The quantitative estimate of drug-likeness (QED) is 0.454. The molecule has 1 aliphatic rings. The zero-order chi connectivity index (χ0) is 20.8. The Morgan fingerprint density at radius 1 is 1.24 bits per heavy atom. The number of amides is 2. The Labute approximate surface area is 173 Å². The summed E-state index contributed by atoms with van der Waals surface area (Å²) in [5.74, 6) is -0.633. The van der Waals surface area contributed by atoms with E-state index in [4.69, 9.17) is 4.74 Å². The van der Waals surface area contributed by atoms with Crippen molar-refractivity contribution in [1.82, 2.24) is 20.2 Å². The number of nitrogens with zero attached hydrogens (tertiary/aromatic N) is 2. The second-order valence-corrected chi connectivity index (χ2v) is 8.44.